The molecule has 34 heavy (non-hydrogen) atoms. The minimum Gasteiger partial charge on any atom is -0.462 e. The maximum Gasteiger partial charge on any atom is 0.341 e. The molecular formula is C24H29N3O6S. The molecule has 0 saturated carbocycles. The number of fused-ring (bicyclic) bond motifs is 1. The van der Waals surface area contributed by atoms with Crippen LogP contribution in [0.2, 0.25) is 0 Å². The largest absolute Gasteiger partial charge is 0.462 e. The van der Waals surface area contributed by atoms with Gasteiger partial charge in [-0.2, -0.15) is 0 Å². The number of primary amides is 1. The lowest BCUT2D eigenvalue weighted by molar-refractivity contribution is -0.123. The standard InChI is InChI=1S/C24H29N3O6S/c1-4-32-23(30)19-17-10-5-13(2)11-18(17)34-21(19)27-20(28)14(3)33-22(29)16-8-6-15(7-9-16)12-26-24(25)31/h6-9,13-14H,4-5,10-12H2,1-3H3,(H,27,28)(H3,25,26,31). The summed E-state index contributed by atoms with van der Waals surface area (Å²) in [5.74, 6) is -1.15. The Hall–Kier alpha value is -3.40. The first-order valence-electron chi connectivity index (χ1n) is 11.1. The first-order chi connectivity index (χ1) is 16.2. The van der Waals surface area contributed by atoms with Crippen LogP contribution in [0, 0.1) is 5.92 Å². The minimum absolute atomic E-state index is 0.232. The minimum atomic E-state index is -1.09. The van der Waals surface area contributed by atoms with Gasteiger partial charge in [0.15, 0.2) is 6.10 Å². The predicted molar refractivity (Wildman–Crippen MR) is 128 cm³/mol. The fraction of sp³-hybridized carbons (Fsp3) is 0.417. The summed E-state index contributed by atoms with van der Waals surface area (Å²) in [5.41, 5.74) is 7.40. The van der Waals surface area contributed by atoms with E-state index in [1.54, 1.807) is 19.1 Å². The molecular weight excluding hydrogens is 458 g/mol. The number of nitrogens with two attached hydrogens (primary N) is 1. The average Bonchev–Trinajstić information content (AvgIpc) is 3.14. The predicted octanol–water partition coefficient (Wildman–Crippen LogP) is 3.40. The number of benzene rings is 1. The van der Waals surface area contributed by atoms with Gasteiger partial charge in [-0.1, -0.05) is 19.1 Å². The van der Waals surface area contributed by atoms with Gasteiger partial charge in [0.2, 0.25) is 0 Å². The lowest BCUT2D eigenvalue weighted by Crippen LogP contribution is -2.30. The van der Waals surface area contributed by atoms with Crippen molar-refractivity contribution < 1.29 is 28.7 Å². The van der Waals surface area contributed by atoms with Gasteiger partial charge in [-0.15, -0.1) is 11.3 Å². The summed E-state index contributed by atoms with van der Waals surface area (Å²) in [6.45, 7) is 5.83. The van der Waals surface area contributed by atoms with Crippen molar-refractivity contribution in [1.82, 2.24) is 5.32 Å². The number of esters is 2. The second-order valence-corrected chi connectivity index (χ2v) is 9.33. The topological polar surface area (TPSA) is 137 Å². The molecule has 0 fully saturated rings. The van der Waals surface area contributed by atoms with E-state index in [1.807, 2.05) is 0 Å². The molecule has 182 valence electrons. The van der Waals surface area contributed by atoms with Crippen molar-refractivity contribution >= 4 is 40.2 Å². The SMILES string of the molecule is CCOC(=O)c1c(NC(=O)C(C)OC(=O)c2ccc(CNC(N)=O)cc2)sc2c1CCC(C)C2. The van der Waals surface area contributed by atoms with Gasteiger partial charge in [0.1, 0.15) is 5.00 Å². The number of urea groups is 1. The Labute approximate surface area is 202 Å². The van der Waals surface area contributed by atoms with E-state index in [0.717, 1.165) is 35.3 Å². The number of anilines is 1. The Kier molecular flexibility index (Phi) is 8.27. The summed E-state index contributed by atoms with van der Waals surface area (Å²) < 4.78 is 10.5. The van der Waals surface area contributed by atoms with Crippen molar-refractivity contribution in [3.05, 3.63) is 51.4 Å². The quantitative estimate of drug-likeness (QED) is 0.488. The van der Waals surface area contributed by atoms with Gasteiger partial charge in [-0.05, 0) is 62.3 Å². The highest BCUT2D eigenvalue weighted by atomic mass is 32.1. The molecule has 0 spiro atoms. The van der Waals surface area contributed by atoms with Crippen LogP contribution in [-0.2, 0) is 33.7 Å². The van der Waals surface area contributed by atoms with Gasteiger partial charge in [-0.3, -0.25) is 4.79 Å². The molecule has 0 radical (unpaired) electrons. The van der Waals surface area contributed by atoms with E-state index in [4.69, 9.17) is 15.2 Å². The van der Waals surface area contributed by atoms with E-state index >= 15 is 0 Å². The third-order valence-electron chi connectivity index (χ3n) is 5.54. The molecule has 10 heteroatoms. The van der Waals surface area contributed by atoms with Gasteiger partial charge < -0.3 is 25.8 Å². The maximum absolute atomic E-state index is 12.8. The van der Waals surface area contributed by atoms with Crippen LogP contribution >= 0.6 is 11.3 Å². The summed E-state index contributed by atoms with van der Waals surface area (Å²) in [6, 6.07) is 5.74. The number of carbonyl (C=O) groups excluding carboxylic acids is 4. The van der Waals surface area contributed by atoms with Crippen molar-refractivity contribution in [3.63, 3.8) is 0 Å². The van der Waals surface area contributed by atoms with Gasteiger partial charge in [0.25, 0.3) is 5.91 Å². The third kappa shape index (κ3) is 6.13. The van der Waals surface area contributed by atoms with E-state index in [-0.39, 0.29) is 18.7 Å². The molecule has 0 saturated heterocycles. The van der Waals surface area contributed by atoms with Gasteiger partial charge in [0, 0.05) is 11.4 Å². The fourth-order valence-electron chi connectivity index (χ4n) is 3.70. The zero-order valence-electron chi connectivity index (χ0n) is 19.4. The van der Waals surface area contributed by atoms with Crippen molar-refractivity contribution in [1.29, 1.82) is 0 Å². The lowest BCUT2D eigenvalue weighted by atomic mass is 9.88. The molecule has 1 aromatic heterocycles. The van der Waals surface area contributed by atoms with Crippen molar-refractivity contribution in [2.45, 2.75) is 52.7 Å². The highest BCUT2D eigenvalue weighted by molar-refractivity contribution is 7.17. The Balaban J connectivity index is 1.68. The summed E-state index contributed by atoms with van der Waals surface area (Å²) in [6.07, 6.45) is 1.48. The molecule has 4 N–H and O–H groups in total. The van der Waals surface area contributed by atoms with Crippen LogP contribution in [0.15, 0.2) is 24.3 Å². The first kappa shape index (κ1) is 25.2. The van der Waals surface area contributed by atoms with E-state index in [2.05, 4.69) is 17.6 Å². The van der Waals surface area contributed by atoms with Crippen molar-refractivity contribution in [2.75, 3.05) is 11.9 Å². The summed E-state index contributed by atoms with van der Waals surface area (Å²) >= 11 is 1.38. The number of hydrogen-bond acceptors (Lipinski definition) is 7. The second kappa shape index (κ2) is 11.1. The molecule has 1 aliphatic rings. The smallest absolute Gasteiger partial charge is 0.341 e. The molecule has 1 aliphatic carbocycles. The highest BCUT2D eigenvalue weighted by Gasteiger charge is 2.30. The Morgan fingerprint density at radius 3 is 2.53 bits per heavy atom. The monoisotopic (exact) mass is 487 g/mol. The second-order valence-electron chi connectivity index (χ2n) is 8.23. The van der Waals surface area contributed by atoms with Crippen LogP contribution in [-0.4, -0.2) is 36.6 Å². The number of hydrogen-bond donors (Lipinski definition) is 3. The molecule has 3 rings (SSSR count). The number of nitrogens with one attached hydrogen (secondary N) is 2. The van der Waals surface area contributed by atoms with Gasteiger partial charge in [0.05, 0.1) is 17.7 Å². The molecule has 1 aromatic carbocycles. The Morgan fingerprint density at radius 2 is 1.88 bits per heavy atom. The number of carbonyl (C=O) groups is 4. The van der Waals surface area contributed by atoms with Crippen LogP contribution in [0.3, 0.4) is 0 Å². The third-order valence-corrected chi connectivity index (χ3v) is 6.71. The molecule has 1 heterocycles. The molecule has 0 aliphatic heterocycles. The fourth-order valence-corrected chi connectivity index (χ4v) is 5.10. The maximum atomic E-state index is 12.8. The molecule has 2 aromatic rings. The van der Waals surface area contributed by atoms with E-state index in [0.29, 0.717) is 16.5 Å². The summed E-state index contributed by atoms with van der Waals surface area (Å²) in [7, 11) is 0. The molecule has 9 nitrogen and oxygen atoms in total. The van der Waals surface area contributed by atoms with Crippen LogP contribution in [0.1, 0.15) is 63.9 Å². The van der Waals surface area contributed by atoms with E-state index < -0.39 is 30.0 Å². The Morgan fingerprint density at radius 1 is 1.18 bits per heavy atom. The highest BCUT2D eigenvalue weighted by Crippen LogP contribution is 2.40. The zero-order valence-corrected chi connectivity index (χ0v) is 20.3. The normalized spacial score (nSPS) is 15.6. The number of amides is 3. The van der Waals surface area contributed by atoms with Gasteiger partial charge >= 0.3 is 18.0 Å². The number of rotatable bonds is 8. The molecule has 0 bridgehead atoms. The van der Waals surface area contributed by atoms with E-state index in [1.165, 1.54) is 30.4 Å². The lowest BCUT2D eigenvalue weighted by Gasteiger charge is -2.18. The van der Waals surface area contributed by atoms with Crippen LogP contribution in [0.4, 0.5) is 9.80 Å². The van der Waals surface area contributed by atoms with Crippen LogP contribution in [0.5, 0.6) is 0 Å². The average molecular weight is 488 g/mol. The summed E-state index contributed by atoms with van der Waals surface area (Å²) in [5, 5.41) is 5.65. The molecule has 2 atom stereocenters. The molecule has 3 amide bonds. The Bertz CT molecular complexity index is 1080. The summed E-state index contributed by atoms with van der Waals surface area (Å²) in [4.78, 5) is 49.8. The zero-order chi connectivity index (χ0) is 24.8. The van der Waals surface area contributed by atoms with Gasteiger partial charge in [-0.25, -0.2) is 14.4 Å². The first-order valence-corrected chi connectivity index (χ1v) is 12.0. The van der Waals surface area contributed by atoms with Crippen LogP contribution < -0.4 is 16.4 Å². The molecule has 2 unspecified atom stereocenters. The van der Waals surface area contributed by atoms with Crippen molar-refractivity contribution in [3.8, 4) is 0 Å². The number of ether oxygens (including phenoxy) is 2. The van der Waals surface area contributed by atoms with Crippen LogP contribution in [0.25, 0.3) is 0 Å². The number of thiophene rings is 1. The van der Waals surface area contributed by atoms with Crippen molar-refractivity contribution in [2.24, 2.45) is 11.7 Å². The van der Waals surface area contributed by atoms with E-state index in [9.17, 15) is 19.2 Å².